The number of hydrogen-bond acceptors (Lipinski definition) is 9. The number of anilines is 2. The number of thiazole rings is 1. The molecule has 2 amide bonds. The molecule has 1 N–H and O–H groups in total. The summed E-state index contributed by atoms with van der Waals surface area (Å²) in [5.41, 5.74) is 5.13. The van der Waals surface area contributed by atoms with Crippen LogP contribution in [0, 0.1) is 19.8 Å². The van der Waals surface area contributed by atoms with Crippen molar-refractivity contribution in [3.05, 3.63) is 76.4 Å². The van der Waals surface area contributed by atoms with Crippen LogP contribution in [0.2, 0.25) is 0 Å². The van der Waals surface area contributed by atoms with Crippen molar-refractivity contribution in [3.63, 3.8) is 0 Å². The van der Waals surface area contributed by atoms with Crippen LogP contribution in [0.3, 0.4) is 0 Å². The summed E-state index contributed by atoms with van der Waals surface area (Å²) in [6.07, 6.45) is 0. The third-order valence-corrected chi connectivity index (χ3v) is 8.40. The standard InChI is InChI=1S/C32H38N6O3S2/c1-20(2)30(31(40)35-24-10-12-25(13-11-24)37(5)6)38(29(39)19-43-32-33-21(3)16-22(4)34-32)17-28-36-27(18-42-28)23-8-14-26(41-7)15-9-23/h8-16,18,20,30H,17,19H2,1-7H3,(H,35,40). The van der Waals surface area contributed by atoms with E-state index in [-0.39, 0.29) is 30.0 Å². The number of methoxy groups -OCH3 is 1. The van der Waals surface area contributed by atoms with Gasteiger partial charge in [0.25, 0.3) is 0 Å². The maximum atomic E-state index is 13.9. The first-order valence-corrected chi connectivity index (χ1v) is 15.8. The average molecular weight is 619 g/mol. The molecule has 0 fully saturated rings. The van der Waals surface area contributed by atoms with Crippen LogP contribution in [0.5, 0.6) is 5.75 Å². The minimum absolute atomic E-state index is 0.0909. The van der Waals surface area contributed by atoms with E-state index in [4.69, 9.17) is 9.72 Å². The van der Waals surface area contributed by atoms with E-state index in [1.165, 1.54) is 23.1 Å². The molecule has 1 atom stereocenters. The highest BCUT2D eigenvalue weighted by atomic mass is 32.2. The molecule has 43 heavy (non-hydrogen) atoms. The summed E-state index contributed by atoms with van der Waals surface area (Å²) in [6, 6.07) is 16.5. The summed E-state index contributed by atoms with van der Waals surface area (Å²) in [4.78, 5) is 45.1. The van der Waals surface area contributed by atoms with Gasteiger partial charge in [-0.1, -0.05) is 25.6 Å². The van der Waals surface area contributed by atoms with Gasteiger partial charge in [-0.2, -0.15) is 0 Å². The Balaban J connectivity index is 1.60. The fourth-order valence-corrected chi connectivity index (χ4v) is 6.23. The van der Waals surface area contributed by atoms with Gasteiger partial charge in [-0.3, -0.25) is 9.59 Å². The number of aromatic nitrogens is 3. The molecule has 1 unspecified atom stereocenters. The normalized spacial score (nSPS) is 11.7. The Labute approximate surface area is 261 Å². The van der Waals surface area contributed by atoms with Gasteiger partial charge in [0.1, 0.15) is 16.8 Å². The third kappa shape index (κ3) is 8.55. The van der Waals surface area contributed by atoms with Gasteiger partial charge in [-0.25, -0.2) is 15.0 Å². The van der Waals surface area contributed by atoms with Gasteiger partial charge < -0.3 is 19.9 Å². The second-order valence-electron chi connectivity index (χ2n) is 10.7. The molecule has 0 aliphatic heterocycles. The maximum Gasteiger partial charge on any atom is 0.247 e. The molecule has 0 saturated heterocycles. The lowest BCUT2D eigenvalue weighted by Gasteiger charge is -2.33. The van der Waals surface area contributed by atoms with Crippen LogP contribution in [-0.4, -0.2) is 64.7 Å². The van der Waals surface area contributed by atoms with E-state index in [9.17, 15) is 9.59 Å². The van der Waals surface area contributed by atoms with Crippen molar-refractivity contribution in [3.8, 4) is 17.0 Å². The van der Waals surface area contributed by atoms with Crippen molar-refractivity contribution in [1.29, 1.82) is 0 Å². The number of benzene rings is 2. The molecular formula is C32H38N6O3S2. The van der Waals surface area contributed by atoms with Crippen molar-refractivity contribution < 1.29 is 14.3 Å². The quantitative estimate of drug-likeness (QED) is 0.151. The molecule has 2 aromatic carbocycles. The smallest absolute Gasteiger partial charge is 0.247 e. The zero-order chi connectivity index (χ0) is 31.1. The Morgan fingerprint density at radius 1 is 0.977 bits per heavy atom. The highest BCUT2D eigenvalue weighted by molar-refractivity contribution is 7.99. The number of hydrogen-bond donors (Lipinski definition) is 1. The van der Waals surface area contributed by atoms with Crippen molar-refractivity contribution in [2.75, 3.05) is 37.2 Å². The molecule has 4 aromatic rings. The number of carbonyl (C=O) groups is 2. The maximum absolute atomic E-state index is 13.9. The molecule has 0 aliphatic rings. The van der Waals surface area contributed by atoms with Crippen molar-refractivity contribution in [2.45, 2.75) is 45.4 Å². The minimum Gasteiger partial charge on any atom is -0.497 e. The summed E-state index contributed by atoms with van der Waals surface area (Å²) >= 11 is 2.74. The first kappa shape index (κ1) is 32.0. The minimum atomic E-state index is -0.727. The van der Waals surface area contributed by atoms with Crippen LogP contribution in [0.1, 0.15) is 30.2 Å². The summed E-state index contributed by atoms with van der Waals surface area (Å²) < 4.78 is 5.27. The Bertz CT molecular complexity index is 1520. The summed E-state index contributed by atoms with van der Waals surface area (Å²) in [7, 11) is 5.56. The van der Waals surface area contributed by atoms with Gasteiger partial charge >= 0.3 is 0 Å². The number of amides is 2. The van der Waals surface area contributed by atoms with Crippen molar-refractivity contribution >= 4 is 46.3 Å². The lowest BCUT2D eigenvalue weighted by atomic mass is 10.0. The molecule has 0 spiro atoms. The molecule has 0 saturated carbocycles. The summed E-state index contributed by atoms with van der Waals surface area (Å²) in [5.74, 6) is 0.261. The Morgan fingerprint density at radius 3 is 2.21 bits per heavy atom. The van der Waals surface area contributed by atoms with Crippen LogP contribution < -0.4 is 15.0 Å². The molecule has 2 aromatic heterocycles. The molecule has 226 valence electrons. The zero-order valence-electron chi connectivity index (χ0n) is 25.6. The number of nitrogens with zero attached hydrogens (tertiary/aromatic N) is 5. The predicted octanol–water partition coefficient (Wildman–Crippen LogP) is 6.08. The van der Waals surface area contributed by atoms with Crippen molar-refractivity contribution in [2.24, 2.45) is 5.92 Å². The molecule has 0 bridgehead atoms. The Morgan fingerprint density at radius 2 is 1.63 bits per heavy atom. The third-order valence-electron chi connectivity index (χ3n) is 6.74. The monoisotopic (exact) mass is 618 g/mol. The van der Waals surface area contributed by atoms with Crippen LogP contribution in [-0.2, 0) is 16.1 Å². The lowest BCUT2D eigenvalue weighted by Crippen LogP contribution is -2.50. The van der Waals surface area contributed by atoms with Crippen LogP contribution in [0.25, 0.3) is 11.3 Å². The fraction of sp³-hybridized carbons (Fsp3) is 0.344. The second-order valence-corrected chi connectivity index (χ2v) is 12.6. The molecule has 11 heteroatoms. The number of carbonyl (C=O) groups excluding carboxylic acids is 2. The second kappa shape index (κ2) is 14.5. The predicted molar refractivity (Wildman–Crippen MR) is 175 cm³/mol. The van der Waals surface area contributed by atoms with Gasteiger partial charge in [0, 0.05) is 47.8 Å². The van der Waals surface area contributed by atoms with Crippen molar-refractivity contribution in [1.82, 2.24) is 19.9 Å². The lowest BCUT2D eigenvalue weighted by molar-refractivity contribution is -0.138. The van der Waals surface area contributed by atoms with E-state index >= 15 is 0 Å². The van der Waals surface area contributed by atoms with E-state index in [0.717, 1.165) is 39.1 Å². The first-order chi connectivity index (χ1) is 20.5. The van der Waals surface area contributed by atoms with E-state index in [1.54, 1.807) is 12.0 Å². The molecule has 0 aliphatic carbocycles. The molecule has 0 radical (unpaired) electrons. The van der Waals surface area contributed by atoms with Gasteiger partial charge in [0.05, 0.1) is 25.1 Å². The van der Waals surface area contributed by atoms with E-state index in [1.807, 2.05) is 107 Å². The highest BCUT2D eigenvalue weighted by Crippen LogP contribution is 2.27. The fourth-order valence-electron chi connectivity index (χ4n) is 4.60. The molecule has 2 heterocycles. The number of nitrogens with one attached hydrogen (secondary N) is 1. The van der Waals surface area contributed by atoms with E-state index < -0.39 is 6.04 Å². The SMILES string of the molecule is COc1ccc(-c2csc(CN(C(=O)CSc3nc(C)cc(C)n3)C(C(=O)Nc3ccc(N(C)C)cc3)C(C)C)n2)cc1. The van der Waals surface area contributed by atoms with Gasteiger partial charge in [0.2, 0.25) is 11.8 Å². The topological polar surface area (TPSA) is 101 Å². The first-order valence-electron chi connectivity index (χ1n) is 14.0. The Kier molecular flexibility index (Phi) is 10.8. The summed E-state index contributed by atoms with van der Waals surface area (Å²) in [6.45, 7) is 7.90. The Hall–Kier alpha value is -3.96. The van der Waals surface area contributed by atoms with Gasteiger partial charge in [-0.15, -0.1) is 11.3 Å². The largest absolute Gasteiger partial charge is 0.497 e. The van der Waals surface area contributed by atoms with Gasteiger partial charge in [0.15, 0.2) is 5.16 Å². The highest BCUT2D eigenvalue weighted by Gasteiger charge is 2.33. The number of rotatable bonds is 12. The zero-order valence-corrected chi connectivity index (χ0v) is 27.3. The molecule has 4 rings (SSSR count). The van der Waals surface area contributed by atoms with E-state index in [0.29, 0.717) is 10.8 Å². The number of thioether (sulfide) groups is 1. The van der Waals surface area contributed by atoms with Crippen LogP contribution >= 0.6 is 23.1 Å². The summed E-state index contributed by atoms with van der Waals surface area (Å²) in [5, 5.41) is 6.27. The number of ether oxygens (including phenoxy) is 1. The molecular weight excluding hydrogens is 581 g/mol. The van der Waals surface area contributed by atoms with Crippen LogP contribution in [0.4, 0.5) is 11.4 Å². The average Bonchev–Trinajstić information content (AvgIpc) is 3.44. The van der Waals surface area contributed by atoms with Crippen LogP contribution in [0.15, 0.2) is 65.1 Å². The van der Waals surface area contributed by atoms with E-state index in [2.05, 4.69) is 15.3 Å². The number of aryl methyl sites for hydroxylation is 2. The molecule has 9 nitrogen and oxygen atoms in total. The van der Waals surface area contributed by atoms with Gasteiger partial charge in [-0.05, 0) is 74.4 Å².